The van der Waals surface area contributed by atoms with E-state index in [2.05, 4.69) is 31.6 Å². The summed E-state index contributed by atoms with van der Waals surface area (Å²) in [5.74, 6) is -0.295. The van der Waals surface area contributed by atoms with Crippen molar-refractivity contribution in [3.8, 4) is 6.07 Å². The van der Waals surface area contributed by atoms with Crippen molar-refractivity contribution in [3.05, 3.63) is 34.8 Å². The fourth-order valence-electron chi connectivity index (χ4n) is 2.05. The Balaban J connectivity index is 1.66. The third-order valence-electron chi connectivity index (χ3n) is 3.31. The van der Waals surface area contributed by atoms with Gasteiger partial charge in [-0.3, -0.25) is 10.1 Å². The fourth-order valence-corrected chi connectivity index (χ4v) is 3.67. The van der Waals surface area contributed by atoms with Crippen LogP contribution in [0, 0.1) is 11.3 Å². The van der Waals surface area contributed by atoms with Crippen molar-refractivity contribution >= 4 is 49.1 Å². The predicted octanol–water partition coefficient (Wildman–Crippen LogP) is 2.85. The third kappa shape index (κ3) is 4.30. The largest absolute Gasteiger partial charge is 0.360 e. The first-order chi connectivity index (χ1) is 12.0. The second-order valence-corrected chi connectivity index (χ2v) is 7.42. The molecule has 1 aromatic carbocycles. The van der Waals surface area contributed by atoms with Crippen molar-refractivity contribution < 1.29 is 4.79 Å². The Morgan fingerprint density at radius 2 is 2.16 bits per heavy atom. The quantitative estimate of drug-likeness (QED) is 0.691. The van der Waals surface area contributed by atoms with Crippen molar-refractivity contribution in [3.63, 3.8) is 0 Å². The number of thiazole rings is 2. The van der Waals surface area contributed by atoms with Gasteiger partial charge in [-0.05, 0) is 32.3 Å². The van der Waals surface area contributed by atoms with E-state index >= 15 is 0 Å². The molecule has 1 amide bonds. The number of hydrogen-bond acceptors (Lipinski definition) is 8. The molecular formula is C16H16N6OS2. The maximum absolute atomic E-state index is 12.3. The van der Waals surface area contributed by atoms with Gasteiger partial charge in [-0.2, -0.15) is 5.26 Å². The molecule has 0 aliphatic heterocycles. The molecule has 0 atom stereocenters. The summed E-state index contributed by atoms with van der Waals surface area (Å²) in [4.78, 5) is 23.0. The topological polar surface area (TPSA) is 93.9 Å². The zero-order chi connectivity index (χ0) is 17.8. The van der Waals surface area contributed by atoms with Crippen molar-refractivity contribution in [2.24, 2.45) is 0 Å². The Bertz CT molecular complexity index is 940. The number of carbonyl (C=O) groups excluding carboxylic acids is 1. The van der Waals surface area contributed by atoms with Gasteiger partial charge in [-0.15, -0.1) is 11.3 Å². The summed E-state index contributed by atoms with van der Waals surface area (Å²) in [6, 6.07) is 7.34. The monoisotopic (exact) mass is 372 g/mol. The highest BCUT2D eigenvalue weighted by atomic mass is 32.1. The maximum atomic E-state index is 12.3. The summed E-state index contributed by atoms with van der Waals surface area (Å²) in [6.45, 7) is 1.65. The summed E-state index contributed by atoms with van der Waals surface area (Å²) in [5, 5.41) is 17.8. The molecule has 0 saturated carbocycles. The number of hydrogen-bond donors (Lipinski definition) is 2. The van der Waals surface area contributed by atoms with E-state index in [4.69, 9.17) is 5.26 Å². The predicted molar refractivity (Wildman–Crippen MR) is 101 cm³/mol. The number of nitrogens with zero attached hydrogens (tertiary/aromatic N) is 4. The van der Waals surface area contributed by atoms with Gasteiger partial charge in [0.15, 0.2) is 10.3 Å². The Kier molecular flexibility index (Phi) is 5.23. The van der Waals surface area contributed by atoms with Crippen molar-refractivity contribution in [1.82, 2.24) is 14.9 Å². The molecule has 0 aliphatic rings. The van der Waals surface area contributed by atoms with Gasteiger partial charge in [0.05, 0.1) is 21.8 Å². The van der Waals surface area contributed by atoms with Crippen LogP contribution in [0.5, 0.6) is 0 Å². The van der Waals surface area contributed by atoms with Crippen molar-refractivity contribution in [2.45, 2.75) is 0 Å². The summed E-state index contributed by atoms with van der Waals surface area (Å²) in [6.07, 6.45) is 0. The van der Waals surface area contributed by atoms with E-state index in [0.717, 1.165) is 28.4 Å². The number of amides is 1. The minimum atomic E-state index is -0.295. The number of fused-ring (bicyclic) bond motifs is 1. The smallest absolute Gasteiger partial charge is 0.276 e. The number of anilines is 2. The van der Waals surface area contributed by atoms with E-state index in [1.54, 1.807) is 23.6 Å². The van der Waals surface area contributed by atoms with Gasteiger partial charge in [0, 0.05) is 18.5 Å². The molecule has 25 heavy (non-hydrogen) atoms. The lowest BCUT2D eigenvalue weighted by Gasteiger charge is -2.08. The van der Waals surface area contributed by atoms with Crippen LogP contribution in [-0.2, 0) is 0 Å². The van der Waals surface area contributed by atoms with E-state index < -0.39 is 0 Å². The molecule has 3 rings (SSSR count). The summed E-state index contributed by atoms with van der Waals surface area (Å²) >= 11 is 2.73. The number of aromatic nitrogens is 2. The molecule has 7 nitrogen and oxygen atoms in total. The molecular weight excluding hydrogens is 356 g/mol. The molecule has 0 saturated heterocycles. The van der Waals surface area contributed by atoms with Crippen LogP contribution >= 0.6 is 22.7 Å². The van der Waals surface area contributed by atoms with Gasteiger partial charge in [0.1, 0.15) is 5.69 Å². The normalized spacial score (nSPS) is 10.8. The zero-order valence-corrected chi connectivity index (χ0v) is 15.4. The molecule has 2 N–H and O–H groups in total. The van der Waals surface area contributed by atoms with Crippen LogP contribution in [0.2, 0.25) is 0 Å². The highest BCUT2D eigenvalue weighted by molar-refractivity contribution is 7.22. The highest BCUT2D eigenvalue weighted by Gasteiger charge is 2.13. The van der Waals surface area contributed by atoms with Crippen LogP contribution in [0.1, 0.15) is 16.1 Å². The molecule has 3 aromatic rings. The van der Waals surface area contributed by atoms with E-state index in [9.17, 15) is 4.79 Å². The summed E-state index contributed by atoms with van der Waals surface area (Å²) < 4.78 is 0.860. The Labute approximate surface area is 152 Å². The van der Waals surface area contributed by atoms with E-state index in [-0.39, 0.29) is 5.91 Å². The zero-order valence-electron chi connectivity index (χ0n) is 13.7. The first-order valence-corrected chi connectivity index (χ1v) is 9.21. The minimum absolute atomic E-state index is 0.295. The lowest BCUT2D eigenvalue weighted by atomic mass is 10.2. The van der Waals surface area contributed by atoms with Gasteiger partial charge in [0.2, 0.25) is 0 Å². The van der Waals surface area contributed by atoms with Gasteiger partial charge in [0.25, 0.3) is 5.91 Å². The number of likely N-dealkylation sites (N-methyl/N-ethyl adjacent to an activating group) is 1. The molecule has 0 bridgehead atoms. The SMILES string of the molecule is CN(C)CCNc1nc(C(=O)Nc2nc3ccc(C#N)cc3s2)cs1. The minimum Gasteiger partial charge on any atom is -0.360 e. The first-order valence-electron chi connectivity index (χ1n) is 7.51. The highest BCUT2D eigenvalue weighted by Crippen LogP contribution is 2.27. The molecule has 0 radical (unpaired) electrons. The van der Waals surface area contributed by atoms with Crippen LogP contribution in [0.25, 0.3) is 10.2 Å². The summed E-state index contributed by atoms with van der Waals surface area (Å²) in [5.41, 5.74) is 1.68. The molecule has 0 fully saturated rings. The number of rotatable bonds is 6. The van der Waals surface area contributed by atoms with Gasteiger partial charge in [-0.1, -0.05) is 11.3 Å². The second-order valence-electron chi connectivity index (χ2n) is 5.54. The van der Waals surface area contributed by atoms with Crippen LogP contribution in [0.4, 0.5) is 10.3 Å². The average Bonchev–Trinajstić information content (AvgIpc) is 3.20. The Morgan fingerprint density at radius 3 is 2.92 bits per heavy atom. The molecule has 128 valence electrons. The van der Waals surface area contributed by atoms with Gasteiger partial charge in [-0.25, -0.2) is 9.97 Å². The lowest BCUT2D eigenvalue weighted by Crippen LogP contribution is -2.20. The molecule has 9 heteroatoms. The number of carbonyl (C=O) groups is 1. The first kappa shape index (κ1) is 17.3. The standard InChI is InChI=1S/C16H16N6OS2/c1-22(2)6-5-18-15-20-12(9-24-15)14(23)21-16-19-11-4-3-10(8-17)7-13(11)25-16/h3-4,7,9H,5-6H2,1-2H3,(H,18,20)(H,19,21,23). The van der Waals surface area contributed by atoms with Gasteiger partial charge >= 0.3 is 0 Å². The van der Waals surface area contributed by atoms with E-state index in [1.807, 2.05) is 14.1 Å². The number of nitriles is 1. The molecule has 2 aromatic heterocycles. The van der Waals surface area contributed by atoms with E-state index in [0.29, 0.717) is 16.4 Å². The molecule has 0 aliphatic carbocycles. The van der Waals surface area contributed by atoms with Crippen LogP contribution in [0.3, 0.4) is 0 Å². The molecule has 2 heterocycles. The Morgan fingerprint density at radius 1 is 1.32 bits per heavy atom. The molecule has 0 spiro atoms. The maximum Gasteiger partial charge on any atom is 0.276 e. The molecule has 0 unspecified atom stereocenters. The lowest BCUT2D eigenvalue weighted by molar-refractivity contribution is 0.102. The van der Waals surface area contributed by atoms with Crippen LogP contribution < -0.4 is 10.6 Å². The summed E-state index contributed by atoms with van der Waals surface area (Å²) in [7, 11) is 4.00. The Hall–Kier alpha value is -2.54. The number of benzene rings is 1. The van der Waals surface area contributed by atoms with Crippen molar-refractivity contribution in [2.75, 3.05) is 37.8 Å². The van der Waals surface area contributed by atoms with Gasteiger partial charge < -0.3 is 10.2 Å². The van der Waals surface area contributed by atoms with Crippen LogP contribution in [0.15, 0.2) is 23.6 Å². The van der Waals surface area contributed by atoms with Crippen LogP contribution in [-0.4, -0.2) is 48.0 Å². The second kappa shape index (κ2) is 7.57. The average molecular weight is 372 g/mol. The fraction of sp³-hybridized carbons (Fsp3) is 0.250. The number of nitrogens with one attached hydrogen (secondary N) is 2. The van der Waals surface area contributed by atoms with E-state index in [1.165, 1.54) is 22.7 Å². The third-order valence-corrected chi connectivity index (χ3v) is 5.04. The van der Waals surface area contributed by atoms with Crippen molar-refractivity contribution in [1.29, 1.82) is 5.26 Å².